The minimum atomic E-state index is -0.455. The van der Waals surface area contributed by atoms with Gasteiger partial charge in [0.05, 0.1) is 16.8 Å². The Bertz CT molecular complexity index is 911. The second-order valence-electron chi connectivity index (χ2n) is 4.26. The molecule has 22 heavy (non-hydrogen) atoms. The summed E-state index contributed by atoms with van der Waals surface area (Å²) in [5.74, 6) is -0.311. The summed E-state index contributed by atoms with van der Waals surface area (Å²) in [5.41, 5.74) is 1.45. The zero-order chi connectivity index (χ0) is 15.7. The molecule has 0 saturated carbocycles. The van der Waals surface area contributed by atoms with Crippen LogP contribution < -0.4 is 5.32 Å². The van der Waals surface area contributed by atoms with Crippen molar-refractivity contribution in [3.63, 3.8) is 0 Å². The topological polar surface area (TPSA) is 83.1 Å². The molecular weight excluding hydrogens is 345 g/mol. The van der Waals surface area contributed by atoms with Crippen molar-refractivity contribution in [2.24, 2.45) is 0 Å². The SMILES string of the molecule is N#CCC(=O)Nc1nc2scc(-c3cc(Cl)ccc3Cl)n2n1. The summed E-state index contributed by atoms with van der Waals surface area (Å²) in [6.45, 7) is 0. The van der Waals surface area contributed by atoms with Gasteiger partial charge in [0, 0.05) is 16.0 Å². The van der Waals surface area contributed by atoms with E-state index in [-0.39, 0.29) is 12.4 Å². The number of amides is 1. The Hall–Kier alpha value is -2.14. The molecule has 0 bridgehead atoms. The fourth-order valence-corrected chi connectivity index (χ4v) is 3.06. The van der Waals surface area contributed by atoms with Gasteiger partial charge in [0.2, 0.25) is 16.8 Å². The van der Waals surface area contributed by atoms with Crippen molar-refractivity contribution in [2.45, 2.75) is 6.42 Å². The van der Waals surface area contributed by atoms with Gasteiger partial charge in [-0.1, -0.05) is 23.2 Å². The average Bonchev–Trinajstić information content (AvgIpc) is 3.01. The zero-order valence-corrected chi connectivity index (χ0v) is 13.2. The Kier molecular flexibility index (Phi) is 3.98. The van der Waals surface area contributed by atoms with Crippen molar-refractivity contribution in [3.05, 3.63) is 33.6 Å². The number of aromatic nitrogens is 3. The molecule has 0 aliphatic carbocycles. The summed E-state index contributed by atoms with van der Waals surface area (Å²) in [6, 6.07) is 6.90. The molecule has 0 spiro atoms. The van der Waals surface area contributed by atoms with Gasteiger partial charge in [-0.15, -0.1) is 16.4 Å². The van der Waals surface area contributed by atoms with Crippen molar-refractivity contribution in [1.29, 1.82) is 5.26 Å². The molecule has 2 heterocycles. The zero-order valence-electron chi connectivity index (χ0n) is 10.9. The molecule has 0 aliphatic rings. The summed E-state index contributed by atoms with van der Waals surface area (Å²) < 4.78 is 1.57. The predicted octanol–water partition coefficient (Wildman–Crippen LogP) is 3.62. The van der Waals surface area contributed by atoms with Gasteiger partial charge in [-0.05, 0) is 18.2 Å². The van der Waals surface area contributed by atoms with Crippen LogP contribution in [-0.4, -0.2) is 20.5 Å². The summed E-state index contributed by atoms with van der Waals surface area (Å²) in [6.07, 6.45) is -0.250. The molecule has 0 saturated heterocycles. The summed E-state index contributed by atoms with van der Waals surface area (Å²) >= 11 is 13.6. The Balaban J connectivity index is 2.02. The molecule has 6 nitrogen and oxygen atoms in total. The molecule has 3 aromatic rings. The molecule has 0 aliphatic heterocycles. The van der Waals surface area contributed by atoms with Crippen LogP contribution in [0.15, 0.2) is 23.6 Å². The van der Waals surface area contributed by atoms with Crippen LogP contribution in [0.25, 0.3) is 16.2 Å². The van der Waals surface area contributed by atoms with Gasteiger partial charge in [0.1, 0.15) is 6.42 Å². The first-order chi connectivity index (χ1) is 10.6. The number of carbonyl (C=O) groups excluding carboxylic acids is 1. The van der Waals surface area contributed by atoms with E-state index in [9.17, 15) is 4.79 Å². The lowest BCUT2D eigenvalue weighted by Gasteiger charge is -2.02. The van der Waals surface area contributed by atoms with Crippen LogP contribution in [0, 0.1) is 11.3 Å². The first-order valence-electron chi connectivity index (χ1n) is 6.05. The van der Waals surface area contributed by atoms with Crippen LogP contribution in [0.5, 0.6) is 0 Å². The van der Waals surface area contributed by atoms with E-state index in [1.807, 2.05) is 5.38 Å². The smallest absolute Gasteiger partial charge is 0.250 e. The Labute approximate surface area is 138 Å². The highest BCUT2D eigenvalue weighted by Gasteiger charge is 2.15. The van der Waals surface area contributed by atoms with Crippen LogP contribution in [0.2, 0.25) is 10.0 Å². The molecule has 0 fully saturated rings. The minimum Gasteiger partial charge on any atom is -0.292 e. The van der Waals surface area contributed by atoms with Crippen molar-refractivity contribution >= 4 is 51.4 Å². The van der Waals surface area contributed by atoms with Crippen molar-refractivity contribution < 1.29 is 4.79 Å². The van der Waals surface area contributed by atoms with Crippen LogP contribution >= 0.6 is 34.5 Å². The molecule has 2 aromatic heterocycles. The number of fused-ring (bicyclic) bond motifs is 1. The minimum absolute atomic E-state index is 0.145. The molecule has 110 valence electrons. The lowest BCUT2D eigenvalue weighted by atomic mass is 10.2. The van der Waals surface area contributed by atoms with E-state index in [0.29, 0.717) is 15.0 Å². The molecule has 0 atom stereocenters. The number of nitrogens with one attached hydrogen (secondary N) is 1. The Morgan fingerprint density at radius 1 is 1.45 bits per heavy atom. The highest BCUT2D eigenvalue weighted by Crippen LogP contribution is 2.33. The lowest BCUT2D eigenvalue weighted by Crippen LogP contribution is -2.11. The molecule has 0 radical (unpaired) electrons. The highest BCUT2D eigenvalue weighted by atomic mass is 35.5. The second-order valence-corrected chi connectivity index (χ2v) is 5.94. The molecule has 0 unspecified atom stereocenters. The van der Waals surface area contributed by atoms with E-state index >= 15 is 0 Å². The molecule has 3 rings (SSSR count). The Morgan fingerprint density at radius 3 is 3.05 bits per heavy atom. The average molecular weight is 352 g/mol. The van der Waals surface area contributed by atoms with Crippen molar-refractivity contribution in [1.82, 2.24) is 14.6 Å². The van der Waals surface area contributed by atoms with Crippen molar-refractivity contribution in [2.75, 3.05) is 5.32 Å². The monoisotopic (exact) mass is 351 g/mol. The number of benzene rings is 1. The Morgan fingerprint density at radius 2 is 2.27 bits per heavy atom. The van der Waals surface area contributed by atoms with Gasteiger partial charge < -0.3 is 0 Å². The maximum Gasteiger partial charge on any atom is 0.250 e. The van der Waals surface area contributed by atoms with Crippen LogP contribution in [0.1, 0.15) is 6.42 Å². The normalized spacial score (nSPS) is 10.6. The van der Waals surface area contributed by atoms with Crippen molar-refractivity contribution in [3.8, 4) is 17.3 Å². The van der Waals surface area contributed by atoms with E-state index in [2.05, 4.69) is 15.4 Å². The molecular formula is C13H7Cl2N5OS. The highest BCUT2D eigenvalue weighted by molar-refractivity contribution is 7.15. The number of nitrogens with zero attached hydrogens (tertiary/aromatic N) is 4. The second kappa shape index (κ2) is 5.93. The summed E-state index contributed by atoms with van der Waals surface area (Å²) in [4.78, 5) is 16.2. The number of anilines is 1. The summed E-state index contributed by atoms with van der Waals surface area (Å²) in [7, 11) is 0. The lowest BCUT2D eigenvalue weighted by molar-refractivity contribution is -0.115. The number of carbonyl (C=O) groups is 1. The summed E-state index contributed by atoms with van der Waals surface area (Å²) in [5, 5.41) is 18.1. The van der Waals surface area contributed by atoms with Gasteiger partial charge >= 0.3 is 0 Å². The van der Waals surface area contributed by atoms with Gasteiger partial charge in [-0.2, -0.15) is 10.2 Å². The van der Waals surface area contributed by atoms with Gasteiger partial charge in [-0.3, -0.25) is 10.1 Å². The van der Waals surface area contributed by atoms with E-state index < -0.39 is 5.91 Å². The molecule has 9 heteroatoms. The van der Waals surface area contributed by atoms with E-state index in [1.54, 1.807) is 28.8 Å². The maximum absolute atomic E-state index is 11.4. The van der Waals surface area contributed by atoms with Crippen LogP contribution in [0.3, 0.4) is 0 Å². The number of thiazole rings is 1. The third-order valence-electron chi connectivity index (χ3n) is 2.78. The fraction of sp³-hybridized carbons (Fsp3) is 0.0769. The third-order valence-corrected chi connectivity index (χ3v) is 4.16. The molecule has 1 aromatic carbocycles. The molecule has 1 N–H and O–H groups in total. The largest absolute Gasteiger partial charge is 0.292 e. The third kappa shape index (κ3) is 2.76. The van der Waals surface area contributed by atoms with E-state index in [0.717, 1.165) is 11.3 Å². The van der Waals surface area contributed by atoms with Crippen LogP contribution in [0.4, 0.5) is 5.95 Å². The predicted molar refractivity (Wildman–Crippen MR) is 85.2 cm³/mol. The number of hydrogen-bond donors (Lipinski definition) is 1. The first kappa shape index (κ1) is 14.8. The number of halogens is 2. The van der Waals surface area contributed by atoms with Gasteiger partial charge in [0.15, 0.2) is 0 Å². The standard InChI is InChI=1S/C13H7Cl2N5OS/c14-7-1-2-9(15)8(5-7)10-6-22-13-18-12(19-20(10)13)17-11(21)3-4-16/h1-2,5-6H,3H2,(H,17,19,21). The van der Waals surface area contributed by atoms with E-state index in [4.69, 9.17) is 28.5 Å². The maximum atomic E-state index is 11.4. The van der Waals surface area contributed by atoms with E-state index in [1.165, 1.54) is 11.3 Å². The number of hydrogen-bond acceptors (Lipinski definition) is 5. The molecule has 1 amide bonds. The number of rotatable bonds is 3. The van der Waals surface area contributed by atoms with Gasteiger partial charge in [-0.25, -0.2) is 4.52 Å². The number of nitriles is 1. The van der Waals surface area contributed by atoms with Crippen LogP contribution in [-0.2, 0) is 4.79 Å². The first-order valence-corrected chi connectivity index (χ1v) is 7.68. The quantitative estimate of drug-likeness (QED) is 0.780. The fourth-order valence-electron chi connectivity index (χ4n) is 1.85. The van der Waals surface area contributed by atoms with Gasteiger partial charge in [0.25, 0.3) is 0 Å².